The first-order chi connectivity index (χ1) is 8.68. The molecule has 0 atom stereocenters. The summed E-state index contributed by atoms with van der Waals surface area (Å²) in [5.41, 5.74) is 2.94. The maximum Gasteiger partial charge on any atom is 0.161 e. The van der Waals surface area contributed by atoms with Gasteiger partial charge in [-0.05, 0) is 41.3 Å². The first-order valence-electron chi connectivity index (χ1n) is 6.00. The molecule has 0 fully saturated rings. The number of hydrogen-bond donors (Lipinski definition) is 0. The van der Waals surface area contributed by atoms with Crippen LogP contribution in [-0.2, 0) is 17.8 Å². The summed E-state index contributed by atoms with van der Waals surface area (Å²) in [5, 5.41) is 2.62. The van der Waals surface area contributed by atoms with Gasteiger partial charge in [-0.2, -0.15) is 0 Å². The number of hydrogen-bond acceptors (Lipinski definition) is 2. The Morgan fingerprint density at radius 1 is 1.33 bits per heavy atom. The third kappa shape index (κ3) is 1.73. The number of ketones is 1. The van der Waals surface area contributed by atoms with E-state index in [1.807, 2.05) is 18.2 Å². The Morgan fingerprint density at radius 2 is 2.17 bits per heavy atom. The monoisotopic (exact) mass is 260 g/mol. The van der Waals surface area contributed by atoms with Gasteiger partial charge < -0.3 is 4.74 Å². The van der Waals surface area contributed by atoms with Crippen molar-refractivity contribution in [3.05, 3.63) is 46.0 Å². The molecule has 0 aliphatic carbocycles. The van der Waals surface area contributed by atoms with Gasteiger partial charge in [0.25, 0.3) is 0 Å². The molecule has 0 spiro atoms. The molecular formula is C15H13ClO2. The molecule has 3 heteroatoms. The van der Waals surface area contributed by atoms with Crippen LogP contribution >= 0.6 is 11.6 Å². The molecule has 3 rings (SSSR count). The van der Waals surface area contributed by atoms with Crippen LogP contribution < -0.4 is 0 Å². The van der Waals surface area contributed by atoms with Crippen molar-refractivity contribution in [1.82, 2.24) is 0 Å². The number of halogens is 1. The van der Waals surface area contributed by atoms with Gasteiger partial charge in [-0.3, -0.25) is 4.79 Å². The standard InChI is InChI=1S/C15H13ClO2/c1-9(17)14-12-4-2-3-10-5-6-18-8-11(15(10)12)7-13(14)16/h2-4,7H,5-6,8H2,1H3. The minimum atomic E-state index is 0.00821. The Morgan fingerprint density at radius 3 is 2.94 bits per heavy atom. The Hall–Kier alpha value is -1.38. The lowest BCUT2D eigenvalue weighted by molar-refractivity contribution is 0.101. The minimum Gasteiger partial charge on any atom is -0.376 e. The molecule has 0 radical (unpaired) electrons. The van der Waals surface area contributed by atoms with Crippen LogP contribution in [0, 0.1) is 0 Å². The fraction of sp³-hybridized carbons (Fsp3) is 0.267. The van der Waals surface area contributed by atoms with Gasteiger partial charge in [0.05, 0.1) is 18.2 Å². The zero-order chi connectivity index (χ0) is 12.7. The Balaban J connectivity index is 2.46. The third-order valence-electron chi connectivity index (χ3n) is 3.41. The molecule has 1 aliphatic rings. The number of Topliss-reactive ketones (excluding diaryl/α,β-unsaturated/α-hetero) is 1. The van der Waals surface area contributed by atoms with E-state index >= 15 is 0 Å². The molecule has 0 saturated heterocycles. The first-order valence-corrected chi connectivity index (χ1v) is 6.38. The quantitative estimate of drug-likeness (QED) is 0.730. The second-order valence-electron chi connectivity index (χ2n) is 4.59. The van der Waals surface area contributed by atoms with Gasteiger partial charge in [0.1, 0.15) is 0 Å². The summed E-state index contributed by atoms with van der Waals surface area (Å²) in [6.45, 7) is 2.83. The van der Waals surface area contributed by atoms with E-state index in [-0.39, 0.29) is 5.78 Å². The second-order valence-corrected chi connectivity index (χ2v) is 5.00. The van der Waals surface area contributed by atoms with E-state index in [0.29, 0.717) is 23.8 Å². The zero-order valence-corrected chi connectivity index (χ0v) is 10.9. The highest BCUT2D eigenvalue weighted by atomic mass is 35.5. The lowest BCUT2D eigenvalue weighted by Gasteiger charge is -2.12. The van der Waals surface area contributed by atoms with Gasteiger partial charge in [0.15, 0.2) is 5.78 Å². The summed E-state index contributed by atoms with van der Waals surface area (Å²) in [5.74, 6) is 0.00821. The van der Waals surface area contributed by atoms with E-state index in [1.54, 1.807) is 6.92 Å². The van der Waals surface area contributed by atoms with Crippen molar-refractivity contribution in [2.24, 2.45) is 0 Å². The van der Waals surface area contributed by atoms with E-state index in [4.69, 9.17) is 16.3 Å². The van der Waals surface area contributed by atoms with Gasteiger partial charge in [-0.15, -0.1) is 0 Å². The topological polar surface area (TPSA) is 26.3 Å². The van der Waals surface area contributed by atoms with Crippen molar-refractivity contribution in [1.29, 1.82) is 0 Å². The summed E-state index contributed by atoms with van der Waals surface area (Å²) in [4.78, 5) is 11.8. The maximum absolute atomic E-state index is 11.8. The Bertz CT molecular complexity index is 646. The number of ether oxygens (including phenoxy) is 1. The summed E-state index contributed by atoms with van der Waals surface area (Å²) >= 11 is 6.24. The zero-order valence-electron chi connectivity index (χ0n) is 10.1. The maximum atomic E-state index is 11.8. The highest BCUT2D eigenvalue weighted by Gasteiger charge is 2.18. The highest BCUT2D eigenvalue weighted by molar-refractivity contribution is 6.36. The van der Waals surface area contributed by atoms with Crippen molar-refractivity contribution < 1.29 is 9.53 Å². The molecule has 0 unspecified atom stereocenters. The van der Waals surface area contributed by atoms with Crippen molar-refractivity contribution in [2.45, 2.75) is 20.0 Å². The minimum absolute atomic E-state index is 0.00821. The molecule has 2 aromatic rings. The average Bonchev–Trinajstić information content (AvgIpc) is 2.52. The van der Waals surface area contributed by atoms with Crippen LogP contribution in [0.25, 0.3) is 10.8 Å². The molecular weight excluding hydrogens is 248 g/mol. The van der Waals surface area contributed by atoms with Crippen LogP contribution in [0.4, 0.5) is 0 Å². The predicted molar refractivity (Wildman–Crippen MR) is 72.3 cm³/mol. The summed E-state index contributed by atoms with van der Waals surface area (Å²) in [6, 6.07) is 7.92. The number of benzene rings is 2. The molecule has 0 saturated carbocycles. The Kier molecular flexibility index (Phi) is 2.84. The molecule has 0 N–H and O–H groups in total. The molecule has 2 nitrogen and oxygen atoms in total. The smallest absolute Gasteiger partial charge is 0.161 e. The average molecular weight is 261 g/mol. The van der Waals surface area contributed by atoms with Crippen LogP contribution in [0.15, 0.2) is 24.3 Å². The van der Waals surface area contributed by atoms with Crippen LogP contribution in [0.2, 0.25) is 5.02 Å². The van der Waals surface area contributed by atoms with Gasteiger partial charge in [0, 0.05) is 5.56 Å². The molecule has 1 heterocycles. The summed E-state index contributed by atoms with van der Waals surface area (Å²) in [7, 11) is 0. The molecule has 0 amide bonds. The highest BCUT2D eigenvalue weighted by Crippen LogP contribution is 2.34. The third-order valence-corrected chi connectivity index (χ3v) is 3.70. The van der Waals surface area contributed by atoms with Gasteiger partial charge >= 0.3 is 0 Å². The van der Waals surface area contributed by atoms with Gasteiger partial charge in [-0.1, -0.05) is 29.8 Å². The summed E-state index contributed by atoms with van der Waals surface area (Å²) in [6.07, 6.45) is 0.878. The van der Waals surface area contributed by atoms with E-state index < -0.39 is 0 Å². The van der Waals surface area contributed by atoms with E-state index in [2.05, 4.69) is 6.07 Å². The lowest BCUT2D eigenvalue weighted by atomic mass is 9.93. The van der Waals surface area contributed by atoms with Crippen molar-refractivity contribution in [2.75, 3.05) is 6.61 Å². The van der Waals surface area contributed by atoms with E-state index in [9.17, 15) is 4.79 Å². The van der Waals surface area contributed by atoms with E-state index in [1.165, 1.54) is 5.56 Å². The molecule has 0 bridgehead atoms. The van der Waals surface area contributed by atoms with Gasteiger partial charge in [0.2, 0.25) is 0 Å². The molecule has 92 valence electrons. The fourth-order valence-electron chi connectivity index (χ4n) is 2.66. The number of carbonyl (C=O) groups excluding carboxylic acids is 1. The van der Waals surface area contributed by atoms with E-state index in [0.717, 1.165) is 22.8 Å². The SMILES string of the molecule is CC(=O)c1c(Cl)cc2c3c(cccc13)CCOC2. The second kappa shape index (κ2) is 4.38. The molecule has 18 heavy (non-hydrogen) atoms. The van der Waals surface area contributed by atoms with Crippen LogP contribution in [0.3, 0.4) is 0 Å². The van der Waals surface area contributed by atoms with Crippen molar-refractivity contribution in [3.8, 4) is 0 Å². The lowest BCUT2D eigenvalue weighted by Crippen LogP contribution is -1.99. The number of carbonyl (C=O) groups is 1. The van der Waals surface area contributed by atoms with Crippen molar-refractivity contribution in [3.63, 3.8) is 0 Å². The molecule has 0 aromatic heterocycles. The van der Waals surface area contributed by atoms with Gasteiger partial charge in [-0.25, -0.2) is 0 Å². The van der Waals surface area contributed by atoms with Crippen LogP contribution in [0.5, 0.6) is 0 Å². The molecule has 2 aromatic carbocycles. The van der Waals surface area contributed by atoms with Crippen LogP contribution in [0.1, 0.15) is 28.4 Å². The summed E-state index contributed by atoms with van der Waals surface area (Å²) < 4.78 is 5.58. The fourth-order valence-corrected chi connectivity index (χ4v) is 3.02. The van der Waals surface area contributed by atoms with Crippen LogP contribution in [-0.4, -0.2) is 12.4 Å². The number of rotatable bonds is 1. The molecule has 1 aliphatic heterocycles. The van der Waals surface area contributed by atoms with Crippen molar-refractivity contribution >= 4 is 28.2 Å². The first kappa shape index (κ1) is 11.7. The normalized spacial score (nSPS) is 14.6. The Labute approximate surface area is 111 Å². The largest absolute Gasteiger partial charge is 0.376 e. The predicted octanol–water partition coefficient (Wildman–Crippen LogP) is 3.77.